The summed E-state index contributed by atoms with van der Waals surface area (Å²) in [6.07, 6.45) is 0.987. The van der Waals surface area contributed by atoms with E-state index in [4.69, 9.17) is 9.47 Å². The molecule has 0 spiro atoms. The second-order valence-electron chi connectivity index (χ2n) is 5.68. The number of hydrogen-bond acceptors (Lipinski definition) is 8. The van der Waals surface area contributed by atoms with Crippen LogP contribution >= 0.6 is 11.5 Å². The number of fused-ring (bicyclic) bond motifs is 1. The molecule has 0 aliphatic rings. The van der Waals surface area contributed by atoms with Gasteiger partial charge in [0.25, 0.3) is 5.91 Å². The topological polar surface area (TPSA) is 98.7 Å². The number of nitrogens with zero attached hydrogens (tertiary/aromatic N) is 3. The van der Waals surface area contributed by atoms with E-state index in [0.29, 0.717) is 22.6 Å². The molecule has 3 rings (SSSR count). The lowest BCUT2D eigenvalue weighted by Gasteiger charge is -2.22. The molecule has 0 aliphatic carbocycles. The van der Waals surface area contributed by atoms with Crippen molar-refractivity contribution < 1.29 is 22.7 Å². The molecule has 0 saturated carbocycles. The predicted molar refractivity (Wildman–Crippen MR) is 102 cm³/mol. The Balaban J connectivity index is 2.01. The molecule has 142 valence electrons. The Morgan fingerprint density at radius 1 is 1.19 bits per heavy atom. The summed E-state index contributed by atoms with van der Waals surface area (Å²) in [6.45, 7) is -0.189. The summed E-state index contributed by atoms with van der Waals surface area (Å²) >= 11 is 1.20. The van der Waals surface area contributed by atoms with Crippen LogP contribution in [0.5, 0.6) is 11.5 Å². The molecule has 0 unspecified atom stereocenters. The molecule has 0 atom stereocenters. The first-order chi connectivity index (χ1) is 12.8. The number of benzene rings is 2. The molecule has 0 N–H and O–H groups in total. The minimum Gasteiger partial charge on any atom is -0.493 e. The fraction of sp³-hybridized carbons (Fsp3) is 0.235. The average Bonchev–Trinajstić information content (AvgIpc) is 3.11. The summed E-state index contributed by atoms with van der Waals surface area (Å²) in [5.41, 5.74) is 1.26. The van der Waals surface area contributed by atoms with Crippen molar-refractivity contribution in [3.8, 4) is 11.5 Å². The van der Waals surface area contributed by atoms with Gasteiger partial charge < -0.3 is 9.47 Å². The molecule has 8 nitrogen and oxygen atoms in total. The van der Waals surface area contributed by atoms with Gasteiger partial charge in [-0.15, -0.1) is 5.10 Å². The normalized spacial score (nSPS) is 11.4. The lowest BCUT2D eigenvalue weighted by atomic mass is 10.1. The van der Waals surface area contributed by atoms with Crippen LogP contribution in [0.4, 0.5) is 0 Å². The average molecular weight is 407 g/mol. The van der Waals surface area contributed by atoms with Gasteiger partial charge >= 0.3 is 0 Å². The summed E-state index contributed by atoms with van der Waals surface area (Å²) in [4.78, 5) is 12.9. The van der Waals surface area contributed by atoms with Crippen LogP contribution in [0.1, 0.15) is 15.9 Å². The Morgan fingerprint density at radius 3 is 2.63 bits per heavy atom. The van der Waals surface area contributed by atoms with Gasteiger partial charge in [0.15, 0.2) is 11.5 Å². The molecular formula is C17H17N3O5S2. The van der Waals surface area contributed by atoms with E-state index in [-0.39, 0.29) is 12.1 Å². The molecule has 0 saturated heterocycles. The van der Waals surface area contributed by atoms with Crippen molar-refractivity contribution in [1.29, 1.82) is 0 Å². The van der Waals surface area contributed by atoms with Gasteiger partial charge in [0, 0.05) is 11.1 Å². The summed E-state index contributed by atoms with van der Waals surface area (Å²) in [5.74, 6) is 0.170. The third-order valence-corrected chi connectivity index (χ3v) is 5.72. The molecule has 0 radical (unpaired) electrons. The number of sulfonamides is 1. The zero-order chi connectivity index (χ0) is 19.6. The second kappa shape index (κ2) is 7.49. The Hall–Kier alpha value is -2.72. The van der Waals surface area contributed by atoms with Gasteiger partial charge in [0.2, 0.25) is 10.0 Å². The van der Waals surface area contributed by atoms with E-state index >= 15 is 0 Å². The zero-order valence-corrected chi connectivity index (χ0v) is 16.5. The van der Waals surface area contributed by atoms with E-state index in [0.717, 1.165) is 15.3 Å². The van der Waals surface area contributed by atoms with E-state index in [1.807, 2.05) is 0 Å². The Labute approximate surface area is 160 Å². The van der Waals surface area contributed by atoms with E-state index in [1.54, 1.807) is 30.3 Å². The van der Waals surface area contributed by atoms with E-state index in [1.165, 1.54) is 31.8 Å². The van der Waals surface area contributed by atoms with Crippen LogP contribution in [0.3, 0.4) is 0 Å². The summed E-state index contributed by atoms with van der Waals surface area (Å²) in [7, 11) is -0.901. The van der Waals surface area contributed by atoms with Gasteiger partial charge in [-0.3, -0.25) is 4.79 Å². The first kappa shape index (κ1) is 19.1. The molecule has 2 aromatic carbocycles. The number of ether oxygens (including phenoxy) is 2. The molecule has 0 fully saturated rings. The standard InChI is InChI=1S/C17H17N3O5S2/c1-24-14-6-4-5-12(16(14)25-2)10-20(27(3,22)23)17(21)11-7-8-15-13(9-11)18-19-26-15/h4-9H,10H2,1-3H3. The van der Waals surface area contributed by atoms with Crippen molar-refractivity contribution in [3.05, 3.63) is 47.5 Å². The molecule has 1 amide bonds. The maximum Gasteiger partial charge on any atom is 0.267 e. The second-order valence-corrected chi connectivity index (χ2v) is 8.38. The van der Waals surface area contributed by atoms with Crippen molar-refractivity contribution in [2.75, 3.05) is 20.5 Å². The Morgan fingerprint density at radius 2 is 1.96 bits per heavy atom. The van der Waals surface area contributed by atoms with Gasteiger partial charge in [0.1, 0.15) is 5.52 Å². The minimum absolute atomic E-state index is 0.189. The third-order valence-electron chi connectivity index (χ3n) is 3.92. The fourth-order valence-electron chi connectivity index (χ4n) is 2.63. The number of hydrogen-bond donors (Lipinski definition) is 0. The van der Waals surface area contributed by atoms with Gasteiger partial charge in [-0.25, -0.2) is 12.7 Å². The molecule has 0 bridgehead atoms. The Kier molecular flexibility index (Phi) is 5.29. The highest BCUT2D eigenvalue weighted by Crippen LogP contribution is 2.32. The first-order valence-electron chi connectivity index (χ1n) is 7.79. The van der Waals surface area contributed by atoms with Crippen LogP contribution in [-0.4, -0.2) is 48.7 Å². The van der Waals surface area contributed by atoms with Gasteiger partial charge in [0.05, 0.1) is 31.7 Å². The maximum atomic E-state index is 12.9. The molecule has 1 heterocycles. The lowest BCUT2D eigenvalue weighted by Crippen LogP contribution is -2.35. The van der Waals surface area contributed by atoms with Crippen molar-refractivity contribution in [2.24, 2.45) is 0 Å². The van der Waals surface area contributed by atoms with Crippen molar-refractivity contribution in [2.45, 2.75) is 6.54 Å². The maximum absolute atomic E-state index is 12.9. The molecule has 0 aliphatic heterocycles. The van der Waals surface area contributed by atoms with Crippen molar-refractivity contribution in [1.82, 2.24) is 13.9 Å². The van der Waals surface area contributed by atoms with Crippen LogP contribution < -0.4 is 9.47 Å². The van der Waals surface area contributed by atoms with Gasteiger partial charge in [-0.05, 0) is 35.8 Å². The van der Waals surface area contributed by atoms with Gasteiger partial charge in [-0.2, -0.15) is 0 Å². The quantitative estimate of drug-likeness (QED) is 0.618. The highest BCUT2D eigenvalue weighted by atomic mass is 32.2. The summed E-state index contributed by atoms with van der Waals surface area (Å²) < 4.78 is 40.7. The Bertz CT molecular complexity index is 1090. The highest BCUT2D eigenvalue weighted by molar-refractivity contribution is 7.88. The summed E-state index contributed by atoms with van der Waals surface area (Å²) in [5, 5.41) is 3.93. The van der Waals surface area contributed by atoms with Gasteiger partial charge in [-0.1, -0.05) is 16.6 Å². The van der Waals surface area contributed by atoms with Crippen LogP contribution in [0.2, 0.25) is 0 Å². The number of rotatable bonds is 6. The van der Waals surface area contributed by atoms with E-state index in [2.05, 4.69) is 9.59 Å². The van der Waals surface area contributed by atoms with Crippen LogP contribution in [0, 0.1) is 0 Å². The van der Waals surface area contributed by atoms with E-state index < -0.39 is 15.9 Å². The van der Waals surface area contributed by atoms with E-state index in [9.17, 15) is 13.2 Å². The fourth-order valence-corrected chi connectivity index (χ4v) is 3.95. The number of methoxy groups -OCH3 is 2. The van der Waals surface area contributed by atoms with Crippen LogP contribution in [0.25, 0.3) is 10.2 Å². The monoisotopic (exact) mass is 407 g/mol. The number of carbonyl (C=O) groups excluding carboxylic acids is 1. The largest absolute Gasteiger partial charge is 0.493 e. The minimum atomic E-state index is -3.84. The smallest absolute Gasteiger partial charge is 0.267 e. The highest BCUT2D eigenvalue weighted by Gasteiger charge is 2.27. The number of aromatic nitrogens is 2. The summed E-state index contributed by atoms with van der Waals surface area (Å²) in [6, 6.07) is 9.86. The molecule has 10 heteroatoms. The first-order valence-corrected chi connectivity index (χ1v) is 10.4. The van der Waals surface area contributed by atoms with Crippen LogP contribution in [0.15, 0.2) is 36.4 Å². The predicted octanol–water partition coefficient (Wildman–Crippen LogP) is 2.31. The SMILES string of the molecule is COc1cccc(CN(C(=O)c2ccc3snnc3c2)S(C)(=O)=O)c1OC. The molecule has 27 heavy (non-hydrogen) atoms. The molecule has 3 aromatic rings. The number of para-hydroxylation sites is 1. The van der Waals surface area contributed by atoms with Crippen molar-refractivity contribution >= 4 is 37.7 Å². The zero-order valence-electron chi connectivity index (χ0n) is 14.9. The lowest BCUT2D eigenvalue weighted by molar-refractivity contribution is 0.0855. The third kappa shape index (κ3) is 3.86. The molecular weight excluding hydrogens is 390 g/mol. The number of amides is 1. The van der Waals surface area contributed by atoms with Crippen LogP contribution in [-0.2, 0) is 16.6 Å². The number of carbonyl (C=O) groups is 1. The molecule has 1 aromatic heterocycles. The van der Waals surface area contributed by atoms with Crippen molar-refractivity contribution in [3.63, 3.8) is 0 Å².